The second-order valence-electron chi connectivity index (χ2n) is 5.26. The van der Waals surface area contributed by atoms with Crippen LogP contribution in [0.4, 0.5) is 4.39 Å². The predicted octanol–water partition coefficient (Wildman–Crippen LogP) is 1.85. The van der Waals surface area contributed by atoms with E-state index in [0.29, 0.717) is 17.9 Å². The average molecular weight is 357 g/mol. The highest BCUT2D eigenvalue weighted by atomic mass is 19.1. The molecule has 1 unspecified atom stereocenters. The first-order chi connectivity index (χ1) is 12.6. The number of carbonyl (C=O) groups is 1. The van der Waals surface area contributed by atoms with Gasteiger partial charge in [0.1, 0.15) is 17.7 Å². The van der Waals surface area contributed by atoms with Crippen LogP contribution in [0.25, 0.3) is 0 Å². The number of primary amides is 1. The summed E-state index contributed by atoms with van der Waals surface area (Å²) < 4.78 is 24.3. The number of halogens is 1. The molecule has 3 N–H and O–H groups in total. The fourth-order valence-electron chi connectivity index (χ4n) is 2.22. The largest absolute Gasteiger partial charge is 0.488 e. The second kappa shape index (κ2) is 7.60. The van der Waals surface area contributed by atoms with Crippen molar-refractivity contribution in [1.82, 2.24) is 15.3 Å². The smallest absolute Gasteiger partial charge is 0.262 e. The molecule has 0 radical (unpaired) electrons. The lowest BCUT2D eigenvalue weighted by Gasteiger charge is -2.18. The molecule has 8 nitrogen and oxygen atoms in total. The Bertz CT molecular complexity index is 884. The third-order valence-electron chi connectivity index (χ3n) is 3.39. The summed E-state index contributed by atoms with van der Waals surface area (Å²) in [5, 5.41) is 2.95. The Morgan fingerprint density at radius 3 is 2.88 bits per heavy atom. The van der Waals surface area contributed by atoms with E-state index in [0.717, 1.165) is 6.20 Å². The van der Waals surface area contributed by atoms with Crippen molar-refractivity contribution >= 4 is 12.1 Å². The van der Waals surface area contributed by atoms with Gasteiger partial charge in [-0.15, -0.1) is 0 Å². The first kappa shape index (κ1) is 17.3. The van der Waals surface area contributed by atoms with Crippen molar-refractivity contribution in [3.05, 3.63) is 53.9 Å². The quantitative estimate of drug-likeness (QED) is 0.816. The molecule has 0 spiro atoms. The maximum absolute atomic E-state index is 13.3. The van der Waals surface area contributed by atoms with Crippen LogP contribution in [0, 0.1) is 5.82 Å². The molecular weight excluding hydrogens is 341 g/mol. The van der Waals surface area contributed by atoms with E-state index in [9.17, 15) is 9.18 Å². The summed E-state index contributed by atoms with van der Waals surface area (Å²) in [7, 11) is 0. The first-order valence-corrected chi connectivity index (χ1v) is 7.77. The number of pyridine rings is 2. The molecule has 0 aliphatic carbocycles. The van der Waals surface area contributed by atoms with E-state index in [4.69, 9.17) is 15.2 Å². The van der Waals surface area contributed by atoms with Crippen LogP contribution >= 0.6 is 0 Å². The zero-order chi connectivity index (χ0) is 18.5. The standard InChI is InChI=1S/C17H16FN5O3/c1-2-25-14-4-12(18)8-23-17(14)26-13-3-10(5-20-9-13)16-21-6-11(7-22-16)15(19)24/h3-9,16,21H,2H2,1H3,(H2,19,24). The number of carbonyl (C=O) groups excluding carboxylic acids is 1. The minimum atomic E-state index is -0.569. The van der Waals surface area contributed by atoms with E-state index < -0.39 is 17.9 Å². The topological polar surface area (TPSA) is 112 Å². The lowest BCUT2D eigenvalue weighted by atomic mass is 10.2. The monoisotopic (exact) mass is 357 g/mol. The van der Waals surface area contributed by atoms with Gasteiger partial charge in [-0.1, -0.05) is 0 Å². The number of ether oxygens (including phenoxy) is 2. The first-order valence-electron chi connectivity index (χ1n) is 7.77. The summed E-state index contributed by atoms with van der Waals surface area (Å²) >= 11 is 0. The van der Waals surface area contributed by atoms with E-state index >= 15 is 0 Å². The number of hydrogen-bond acceptors (Lipinski definition) is 7. The van der Waals surface area contributed by atoms with E-state index in [-0.39, 0.29) is 17.2 Å². The highest BCUT2D eigenvalue weighted by molar-refractivity contribution is 6.11. The van der Waals surface area contributed by atoms with Crippen LogP contribution in [-0.2, 0) is 4.79 Å². The molecule has 2 aromatic rings. The molecule has 26 heavy (non-hydrogen) atoms. The van der Waals surface area contributed by atoms with Crippen LogP contribution in [0.1, 0.15) is 18.7 Å². The van der Waals surface area contributed by atoms with Crippen LogP contribution in [0.2, 0.25) is 0 Å². The predicted molar refractivity (Wildman–Crippen MR) is 91.3 cm³/mol. The number of aromatic nitrogens is 2. The highest BCUT2D eigenvalue weighted by Gasteiger charge is 2.16. The number of aliphatic imine (C=N–C) groups is 1. The average Bonchev–Trinajstić information content (AvgIpc) is 2.64. The Balaban J connectivity index is 1.79. The minimum Gasteiger partial charge on any atom is -0.488 e. The van der Waals surface area contributed by atoms with Gasteiger partial charge >= 0.3 is 0 Å². The van der Waals surface area contributed by atoms with Gasteiger partial charge in [-0.3, -0.25) is 14.8 Å². The molecule has 0 fully saturated rings. The van der Waals surface area contributed by atoms with E-state index in [1.807, 2.05) is 0 Å². The molecule has 134 valence electrons. The molecule has 3 heterocycles. The van der Waals surface area contributed by atoms with Gasteiger partial charge in [0.05, 0.1) is 24.6 Å². The zero-order valence-corrected chi connectivity index (χ0v) is 13.8. The molecular formula is C17H16FN5O3. The van der Waals surface area contributed by atoms with Crippen LogP contribution in [0.15, 0.2) is 47.5 Å². The molecule has 0 aromatic carbocycles. The Morgan fingerprint density at radius 1 is 1.35 bits per heavy atom. The van der Waals surface area contributed by atoms with Crippen molar-refractivity contribution in [2.45, 2.75) is 13.1 Å². The number of rotatable bonds is 6. The van der Waals surface area contributed by atoms with E-state index in [1.54, 1.807) is 19.2 Å². The van der Waals surface area contributed by atoms with Gasteiger partial charge in [-0.05, 0) is 13.0 Å². The molecule has 1 aliphatic heterocycles. The number of nitrogens with one attached hydrogen (secondary N) is 1. The van der Waals surface area contributed by atoms with Crippen LogP contribution in [-0.4, -0.2) is 28.7 Å². The van der Waals surface area contributed by atoms with Crippen molar-refractivity contribution in [3.63, 3.8) is 0 Å². The number of nitrogens with zero attached hydrogens (tertiary/aromatic N) is 3. The Hall–Kier alpha value is -3.49. The SMILES string of the molecule is CCOc1cc(F)cnc1Oc1cncc(C2N=CC(C(N)=O)=CN2)c1. The number of amides is 1. The van der Waals surface area contributed by atoms with Gasteiger partial charge in [-0.25, -0.2) is 9.37 Å². The fraction of sp³-hybridized carbons (Fsp3) is 0.176. The Morgan fingerprint density at radius 2 is 2.19 bits per heavy atom. The van der Waals surface area contributed by atoms with Crippen molar-refractivity contribution < 1.29 is 18.7 Å². The molecule has 1 atom stereocenters. The Kier molecular flexibility index (Phi) is 5.07. The lowest BCUT2D eigenvalue weighted by molar-refractivity contribution is -0.114. The van der Waals surface area contributed by atoms with Gasteiger partial charge in [0, 0.05) is 30.2 Å². The zero-order valence-electron chi connectivity index (χ0n) is 13.8. The molecule has 3 rings (SSSR count). The molecule has 0 saturated heterocycles. The maximum Gasteiger partial charge on any atom is 0.262 e. The summed E-state index contributed by atoms with van der Waals surface area (Å²) in [4.78, 5) is 23.3. The summed E-state index contributed by atoms with van der Waals surface area (Å²) in [5.74, 6) is -0.389. The van der Waals surface area contributed by atoms with Crippen LogP contribution in [0.3, 0.4) is 0 Å². The molecule has 0 bridgehead atoms. The van der Waals surface area contributed by atoms with Crippen molar-refractivity contribution in [2.24, 2.45) is 10.7 Å². The second-order valence-corrected chi connectivity index (χ2v) is 5.26. The number of nitrogens with two attached hydrogens (primary N) is 1. The highest BCUT2D eigenvalue weighted by Crippen LogP contribution is 2.30. The van der Waals surface area contributed by atoms with Gasteiger partial charge in [0.25, 0.3) is 11.8 Å². The van der Waals surface area contributed by atoms with Crippen molar-refractivity contribution in [3.8, 4) is 17.4 Å². The molecule has 1 aliphatic rings. The molecule has 2 aromatic heterocycles. The lowest BCUT2D eigenvalue weighted by Crippen LogP contribution is -2.24. The summed E-state index contributed by atoms with van der Waals surface area (Å²) in [6.07, 6.45) is 6.57. The third kappa shape index (κ3) is 3.94. The van der Waals surface area contributed by atoms with Crippen LogP contribution < -0.4 is 20.5 Å². The van der Waals surface area contributed by atoms with Crippen molar-refractivity contribution in [1.29, 1.82) is 0 Å². The number of hydrogen-bond donors (Lipinski definition) is 2. The minimum absolute atomic E-state index is 0.128. The van der Waals surface area contributed by atoms with Gasteiger partial charge in [0.2, 0.25) is 0 Å². The van der Waals surface area contributed by atoms with Gasteiger partial charge in [0.15, 0.2) is 5.75 Å². The molecule has 0 saturated carbocycles. The third-order valence-corrected chi connectivity index (χ3v) is 3.39. The van der Waals surface area contributed by atoms with E-state index in [2.05, 4.69) is 20.3 Å². The molecule has 9 heteroatoms. The summed E-state index contributed by atoms with van der Waals surface area (Å²) in [5.41, 5.74) is 6.16. The Labute approximate surface area is 148 Å². The van der Waals surface area contributed by atoms with Gasteiger partial charge in [-0.2, -0.15) is 0 Å². The fourth-order valence-corrected chi connectivity index (χ4v) is 2.22. The maximum atomic E-state index is 13.3. The van der Waals surface area contributed by atoms with Crippen LogP contribution in [0.5, 0.6) is 17.4 Å². The molecule has 1 amide bonds. The summed E-state index contributed by atoms with van der Waals surface area (Å²) in [6, 6.07) is 2.90. The summed E-state index contributed by atoms with van der Waals surface area (Å²) in [6.45, 7) is 2.12. The normalized spacial score (nSPS) is 15.8. The van der Waals surface area contributed by atoms with E-state index in [1.165, 1.54) is 24.7 Å². The van der Waals surface area contributed by atoms with Crippen molar-refractivity contribution in [2.75, 3.05) is 6.61 Å². The van der Waals surface area contributed by atoms with Gasteiger partial charge < -0.3 is 20.5 Å².